The highest BCUT2D eigenvalue weighted by Crippen LogP contribution is 2.50. The van der Waals surface area contributed by atoms with Crippen LogP contribution in [0.25, 0.3) is 0 Å². The molecule has 2 saturated heterocycles. The molecule has 0 aliphatic carbocycles. The minimum atomic E-state index is -3.92. The molecule has 2 heterocycles. The van der Waals surface area contributed by atoms with Gasteiger partial charge >= 0.3 is 0 Å². The molecular formula is C18H16Br2O5S2. The minimum absolute atomic E-state index is 0.102. The van der Waals surface area contributed by atoms with E-state index in [4.69, 9.17) is 4.74 Å². The first-order valence-electron chi connectivity index (χ1n) is 8.28. The molecule has 9 heteroatoms. The lowest BCUT2D eigenvalue weighted by molar-refractivity contribution is 0.109. The molecule has 2 aliphatic heterocycles. The van der Waals surface area contributed by atoms with Crippen molar-refractivity contribution in [1.82, 2.24) is 0 Å². The summed E-state index contributed by atoms with van der Waals surface area (Å²) in [7, 11) is -7.84. The van der Waals surface area contributed by atoms with Crippen molar-refractivity contribution < 1.29 is 21.6 Å². The summed E-state index contributed by atoms with van der Waals surface area (Å²) in [5, 5.41) is -2.37. The second kappa shape index (κ2) is 6.95. The van der Waals surface area contributed by atoms with E-state index in [1.54, 1.807) is 36.4 Å². The van der Waals surface area contributed by atoms with Gasteiger partial charge in [-0.15, -0.1) is 0 Å². The summed E-state index contributed by atoms with van der Waals surface area (Å²) in [6, 6.07) is 15.9. The van der Waals surface area contributed by atoms with Crippen molar-refractivity contribution in [2.24, 2.45) is 0 Å². The van der Waals surface area contributed by atoms with Crippen LogP contribution in [0.1, 0.15) is 0 Å². The number of ether oxygens (including phenoxy) is 1. The summed E-state index contributed by atoms with van der Waals surface area (Å²) in [6.45, 7) is 0. The Morgan fingerprint density at radius 2 is 0.963 bits per heavy atom. The Labute approximate surface area is 175 Å². The number of hydrogen-bond acceptors (Lipinski definition) is 5. The average Bonchev–Trinajstić information content (AvgIpc) is 3.21. The Morgan fingerprint density at radius 3 is 1.30 bits per heavy atom. The molecule has 0 spiro atoms. The first kappa shape index (κ1) is 19.6. The second-order valence-corrected chi connectivity index (χ2v) is 12.9. The molecular weight excluding hydrogens is 520 g/mol. The molecule has 6 atom stereocenters. The van der Waals surface area contributed by atoms with Crippen LogP contribution in [0.5, 0.6) is 0 Å². The number of benzene rings is 2. The lowest BCUT2D eigenvalue weighted by Gasteiger charge is -2.32. The third-order valence-electron chi connectivity index (χ3n) is 5.08. The van der Waals surface area contributed by atoms with Crippen molar-refractivity contribution in [2.45, 2.75) is 42.2 Å². The lowest BCUT2D eigenvalue weighted by atomic mass is 9.99. The van der Waals surface area contributed by atoms with Crippen molar-refractivity contribution in [3.05, 3.63) is 60.7 Å². The molecule has 0 amide bonds. The maximum absolute atomic E-state index is 13.4. The molecule has 0 aromatic heterocycles. The van der Waals surface area contributed by atoms with Crippen LogP contribution in [-0.4, -0.2) is 49.2 Å². The van der Waals surface area contributed by atoms with Gasteiger partial charge in [-0.05, 0) is 24.3 Å². The van der Waals surface area contributed by atoms with E-state index in [-0.39, 0.29) is 19.4 Å². The third kappa shape index (κ3) is 3.02. The van der Waals surface area contributed by atoms with Crippen LogP contribution < -0.4 is 0 Å². The van der Waals surface area contributed by atoms with Gasteiger partial charge in [-0.25, -0.2) is 16.8 Å². The zero-order valence-corrected chi connectivity index (χ0v) is 18.7. The van der Waals surface area contributed by atoms with Crippen LogP contribution in [0.3, 0.4) is 0 Å². The fourth-order valence-corrected chi connectivity index (χ4v) is 10.5. The SMILES string of the molecule is O=S(=O)(c1ccccc1)[C@@H]1[C@@H]2O[C@@H]([C@@H](Br)[C@H]2Br)[C@H]1S(=O)(=O)c1ccccc1. The average molecular weight is 536 g/mol. The Bertz CT molecular complexity index is 956. The fourth-order valence-electron chi connectivity index (χ4n) is 3.83. The van der Waals surface area contributed by atoms with Gasteiger partial charge in [0.1, 0.15) is 10.5 Å². The van der Waals surface area contributed by atoms with Gasteiger partial charge in [-0.1, -0.05) is 68.3 Å². The number of alkyl halides is 2. The summed E-state index contributed by atoms with van der Waals surface area (Å²) in [6.07, 6.45) is -1.51. The number of rotatable bonds is 4. The van der Waals surface area contributed by atoms with Gasteiger partial charge in [0.2, 0.25) is 0 Å². The predicted molar refractivity (Wildman–Crippen MR) is 109 cm³/mol. The van der Waals surface area contributed by atoms with E-state index in [1.807, 2.05) is 0 Å². The fraction of sp³-hybridized carbons (Fsp3) is 0.333. The number of halogens is 2. The Balaban J connectivity index is 1.87. The Morgan fingerprint density at radius 1 is 0.630 bits per heavy atom. The van der Waals surface area contributed by atoms with Crippen molar-refractivity contribution in [1.29, 1.82) is 0 Å². The molecule has 0 unspecified atom stereocenters. The maximum atomic E-state index is 13.4. The van der Waals surface area contributed by atoms with E-state index >= 15 is 0 Å². The van der Waals surface area contributed by atoms with Gasteiger partial charge in [0.15, 0.2) is 19.7 Å². The molecule has 144 valence electrons. The van der Waals surface area contributed by atoms with E-state index < -0.39 is 42.4 Å². The Kier molecular flexibility index (Phi) is 5.04. The number of sulfone groups is 2. The van der Waals surface area contributed by atoms with Gasteiger partial charge < -0.3 is 4.74 Å². The highest BCUT2D eigenvalue weighted by molar-refractivity contribution is 9.12. The van der Waals surface area contributed by atoms with Crippen molar-refractivity contribution >= 4 is 51.5 Å². The zero-order chi connectivity index (χ0) is 19.4. The smallest absolute Gasteiger partial charge is 0.185 e. The molecule has 0 saturated carbocycles. The van der Waals surface area contributed by atoms with Gasteiger partial charge in [-0.2, -0.15) is 0 Å². The van der Waals surface area contributed by atoms with Gasteiger partial charge in [0.05, 0.1) is 31.7 Å². The topological polar surface area (TPSA) is 77.5 Å². The normalized spacial score (nSPS) is 33.3. The molecule has 2 aliphatic rings. The number of hydrogen-bond donors (Lipinski definition) is 0. The molecule has 2 aromatic rings. The van der Waals surface area contributed by atoms with Crippen LogP contribution in [0.2, 0.25) is 0 Å². The highest BCUT2D eigenvalue weighted by Gasteiger charge is 2.66. The molecule has 2 aromatic carbocycles. The standard InChI is InChI=1S/C18H16Br2O5S2/c19-13-14(20)16-18(27(23,24)12-9-5-2-6-10-12)17(15(13)25-16)26(21,22)11-7-3-1-4-8-11/h1-10,13-18H/t13-,14+,15-,16+,17-,18-/m1/s1. The van der Waals surface area contributed by atoms with Gasteiger partial charge in [0, 0.05) is 0 Å². The number of fused-ring (bicyclic) bond motifs is 2. The van der Waals surface area contributed by atoms with E-state index in [2.05, 4.69) is 31.9 Å². The quantitative estimate of drug-likeness (QED) is 0.562. The first-order chi connectivity index (χ1) is 12.8. The second-order valence-electron chi connectivity index (χ2n) is 6.60. The highest BCUT2D eigenvalue weighted by atomic mass is 79.9. The van der Waals surface area contributed by atoms with Crippen LogP contribution in [0.15, 0.2) is 70.5 Å². The van der Waals surface area contributed by atoms with Crippen LogP contribution >= 0.6 is 31.9 Å². The van der Waals surface area contributed by atoms with Gasteiger partial charge in [0.25, 0.3) is 0 Å². The van der Waals surface area contributed by atoms with E-state index in [1.165, 1.54) is 24.3 Å². The van der Waals surface area contributed by atoms with Crippen molar-refractivity contribution in [2.75, 3.05) is 0 Å². The summed E-state index contributed by atoms with van der Waals surface area (Å²) in [4.78, 5) is -0.392. The minimum Gasteiger partial charge on any atom is -0.370 e. The Hall–Kier alpha value is -0.740. The van der Waals surface area contributed by atoms with E-state index in [0.717, 1.165) is 0 Å². The van der Waals surface area contributed by atoms with Crippen LogP contribution in [0.4, 0.5) is 0 Å². The summed E-state index contributed by atoms with van der Waals surface area (Å²) in [5.41, 5.74) is 0. The summed E-state index contributed by atoms with van der Waals surface area (Å²) < 4.78 is 59.4. The molecule has 27 heavy (non-hydrogen) atoms. The van der Waals surface area contributed by atoms with Crippen LogP contribution in [0, 0.1) is 0 Å². The molecule has 5 nitrogen and oxygen atoms in total. The third-order valence-corrected chi connectivity index (χ3v) is 12.6. The maximum Gasteiger partial charge on any atom is 0.185 e. The van der Waals surface area contributed by atoms with Gasteiger partial charge in [-0.3, -0.25) is 0 Å². The van der Waals surface area contributed by atoms with E-state index in [0.29, 0.717) is 0 Å². The first-order valence-corrected chi connectivity index (χ1v) is 13.2. The largest absolute Gasteiger partial charge is 0.370 e. The molecule has 0 N–H and O–H groups in total. The molecule has 4 rings (SSSR count). The summed E-state index contributed by atoms with van der Waals surface area (Å²) >= 11 is 6.97. The monoisotopic (exact) mass is 534 g/mol. The molecule has 0 radical (unpaired) electrons. The van der Waals surface area contributed by atoms with Crippen molar-refractivity contribution in [3.8, 4) is 0 Å². The molecule has 2 bridgehead atoms. The zero-order valence-electron chi connectivity index (χ0n) is 13.9. The van der Waals surface area contributed by atoms with Crippen molar-refractivity contribution in [3.63, 3.8) is 0 Å². The summed E-state index contributed by atoms with van der Waals surface area (Å²) in [5.74, 6) is 0. The predicted octanol–water partition coefficient (Wildman–Crippen LogP) is 2.98. The molecule has 2 fully saturated rings. The lowest BCUT2D eigenvalue weighted by Crippen LogP contribution is -2.54. The van der Waals surface area contributed by atoms with Crippen LogP contribution in [-0.2, 0) is 24.4 Å². The van der Waals surface area contributed by atoms with E-state index in [9.17, 15) is 16.8 Å².